The van der Waals surface area contributed by atoms with Crippen LogP contribution in [0.2, 0.25) is 0 Å². The number of hydrogen-bond acceptors (Lipinski definition) is 1. The second-order valence-corrected chi connectivity index (χ2v) is 4.48. The van der Waals surface area contributed by atoms with Crippen molar-refractivity contribution in [1.29, 1.82) is 0 Å². The van der Waals surface area contributed by atoms with Gasteiger partial charge in [-0.15, -0.1) is 0 Å². The highest BCUT2D eigenvalue weighted by Crippen LogP contribution is 2.33. The van der Waals surface area contributed by atoms with Crippen molar-refractivity contribution >= 4 is 0 Å². The smallest absolute Gasteiger partial charge is 0.00979 e. The highest BCUT2D eigenvalue weighted by Gasteiger charge is 2.33. The predicted molar refractivity (Wildman–Crippen MR) is 49.6 cm³/mol. The van der Waals surface area contributed by atoms with Crippen LogP contribution >= 0.6 is 0 Å². The summed E-state index contributed by atoms with van der Waals surface area (Å²) in [6.07, 6.45) is 1.38. The lowest BCUT2D eigenvalue weighted by molar-refractivity contribution is 0.135. The van der Waals surface area contributed by atoms with E-state index in [4.69, 9.17) is 0 Å². The Bertz CT molecular complexity index is 120. The molecular formula is C10H21N. The minimum absolute atomic E-state index is 0.790. The first kappa shape index (κ1) is 9.05. The average Bonchev–Trinajstić information content (AvgIpc) is 1.96. The Morgan fingerprint density at radius 2 is 2.00 bits per heavy atom. The fourth-order valence-corrected chi connectivity index (χ4v) is 1.69. The van der Waals surface area contributed by atoms with Gasteiger partial charge in [0.05, 0.1) is 0 Å². The second kappa shape index (κ2) is 3.57. The molecule has 0 radical (unpaired) electrons. The highest BCUT2D eigenvalue weighted by atomic mass is 14.9. The average molecular weight is 155 g/mol. The number of nitrogens with one attached hydrogen (secondary N) is 1. The van der Waals surface area contributed by atoms with Crippen molar-refractivity contribution < 1.29 is 0 Å². The summed E-state index contributed by atoms with van der Waals surface area (Å²) in [7, 11) is 0. The van der Waals surface area contributed by atoms with Gasteiger partial charge in [0, 0.05) is 6.04 Å². The molecule has 1 rings (SSSR count). The largest absolute Gasteiger partial charge is 0.313 e. The summed E-state index contributed by atoms with van der Waals surface area (Å²) >= 11 is 0. The molecule has 0 aromatic carbocycles. The molecule has 0 heterocycles. The molecule has 1 aliphatic carbocycles. The van der Waals surface area contributed by atoms with E-state index in [1.54, 1.807) is 0 Å². The van der Waals surface area contributed by atoms with E-state index >= 15 is 0 Å². The molecule has 1 fully saturated rings. The summed E-state index contributed by atoms with van der Waals surface area (Å²) in [4.78, 5) is 0. The minimum Gasteiger partial charge on any atom is -0.313 e. The van der Waals surface area contributed by atoms with Crippen LogP contribution in [-0.4, -0.2) is 12.6 Å². The fourth-order valence-electron chi connectivity index (χ4n) is 1.69. The molecule has 0 amide bonds. The topological polar surface area (TPSA) is 12.0 Å². The minimum atomic E-state index is 0.790. The molecule has 0 bridgehead atoms. The van der Waals surface area contributed by atoms with Gasteiger partial charge in [-0.3, -0.25) is 0 Å². The van der Waals surface area contributed by atoms with Gasteiger partial charge >= 0.3 is 0 Å². The molecular weight excluding hydrogens is 134 g/mol. The van der Waals surface area contributed by atoms with Gasteiger partial charge in [-0.1, -0.05) is 27.7 Å². The molecule has 11 heavy (non-hydrogen) atoms. The van der Waals surface area contributed by atoms with Gasteiger partial charge in [-0.05, 0) is 30.7 Å². The lowest BCUT2D eigenvalue weighted by Gasteiger charge is -2.41. The molecule has 0 saturated heterocycles. The molecule has 3 atom stereocenters. The van der Waals surface area contributed by atoms with Crippen molar-refractivity contribution in [2.24, 2.45) is 17.8 Å². The molecule has 0 aromatic rings. The lowest BCUT2D eigenvalue weighted by atomic mass is 9.71. The van der Waals surface area contributed by atoms with Gasteiger partial charge < -0.3 is 5.32 Å². The van der Waals surface area contributed by atoms with Crippen molar-refractivity contribution in [2.75, 3.05) is 6.54 Å². The summed E-state index contributed by atoms with van der Waals surface area (Å²) < 4.78 is 0. The quantitative estimate of drug-likeness (QED) is 0.659. The van der Waals surface area contributed by atoms with E-state index in [-0.39, 0.29) is 0 Å². The van der Waals surface area contributed by atoms with Gasteiger partial charge in [-0.25, -0.2) is 0 Å². The van der Waals surface area contributed by atoms with E-state index in [0.29, 0.717) is 0 Å². The van der Waals surface area contributed by atoms with E-state index in [0.717, 1.165) is 23.8 Å². The Labute approximate surface area is 70.6 Å². The third kappa shape index (κ3) is 2.19. The maximum Gasteiger partial charge on any atom is 0.00979 e. The van der Waals surface area contributed by atoms with Crippen LogP contribution in [0.15, 0.2) is 0 Å². The molecule has 3 unspecified atom stereocenters. The fraction of sp³-hybridized carbons (Fsp3) is 1.00. The van der Waals surface area contributed by atoms with Crippen LogP contribution in [0.4, 0.5) is 0 Å². The highest BCUT2D eigenvalue weighted by molar-refractivity contribution is 4.89. The van der Waals surface area contributed by atoms with Crippen LogP contribution in [-0.2, 0) is 0 Å². The Kier molecular flexibility index (Phi) is 2.94. The third-order valence-electron chi connectivity index (χ3n) is 2.95. The lowest BCUT2D eigenvalue weighted by Crippen LogP contribution is -2.48. The monoisotopic (exact) mass is 155 g/mol. The van der Waals surface area contributed by atoms with Crippen molar-refractivity contribution in [1.82, 2.24) is 5.32 Å². The van der Waals surface area contributed by atoms with Crippen molar-refractivity contribution in [3.05, 3.63) is 0 Å². The number of hydrogen-bond donors (Lipinski definition) is 1. The molecule has 0 aromatic heterocycles. The number of rotatable bonds is 3. The van der Waals surface area contributed by atoms with Gasteiger partial charge in [0.2, 0.25) is 0 Å². The first-order valence-corrected chi connectivity index (χ1v) is 4.84. The molecule has 0 aliphatic heterocycles. The van der Waals surface area contributed by atoms with Gasteiger partial charge in [0.1, 0.15) is 0 Å². The third-order valence-corrected chi connectivity index (χ3v) is 2.95. The van der Waals surface area contributed by atoms with E-state index in [1.807, 2.05) is 0 Å². The first-order valence-electron chi connectivity index (χ1n) is 4.84. The Hall–Kier alpha value is -0.0400. The molecule has 1 aliphatic rings. The summed E-state index contributed by atoms with van der Waals surface area (Å²) in [6.45, 7) is 10.4. The summed E-state index contributed by atoms with van der Waals surface area (Å²) in [5.41, 5.74) is 0. The Morgan fingerprint density at radius 1 is 1.36 bits per heavy atom. The van der Waals surface area contributed by atoms with Crippen LogP contribution in [0.3, 0.4) is 0 Å². The summed E-state index contributed by atoms with van der Waals surface area (Å²) in [5.74, 6) is 2.63. The van der Waals surface area contributed by atoms with E-state index in [9.17, 15) is 0 Å². The normalized spacial score (nSPS) is 37.4. The zero-order valence-electron chi connectivity index (χ0n) is 8.22. The van der Waals surface area contributed by atoms with Crippen molar-refractivity contribution in [3.8, 4) is 0 Å². The molecule has 1 nitrogen and oxygen atoms in total. The van der Waals surface area contributed by atoms with E-state index in [2.05, 4.69) is 33.0 Å². The second-order valence-electron chi connectivity index (χ2n) is 4.48. The summed E-state index contributed by atoms with van der Waals surface area (Å²) in [5, 5.41) is 3.60. The molecule has 1 saturated carbocycles. The Balaban J connectivity index is 2.10. The zero-order chi connectivity index (χ0) is 8.43. The van der Waals surface area contributed by atoms with Crippen LogP contribution in [0.25, 0.3) is 0 Å². The van der Waals surface area contributed by atoms with Crippen LogP contribution in [0.1, 0.15) is 34.1 Å². The summed E-state index contributed by atoms with van der Waals surface area (Å²) in [6, 6.07) is 0.812. The van der Waals surface area contributed by atoms with Gasteiger partial charge in [-0.2, -0.15) is 0 Å². The predicted octanol–water partition coefficient (Wildman–Crippen LogP) is 2.28. The van der Waals surface area contributed by atoms with Crippen LogP contribution < -0.4 is 5.32 Å². The van der Waals surface area contributed by atoms with Crippen molar-refractivity contribution in [2.45, 2.75) is 40.2 Å². The van der Waals surface area contributed by atoms with Gasteiger partial charge in [0.15, 0.2) is 0 Å². The Morgan fingerprint density at radius 3 is 2.36 bits per heavy atom. The maximum absolute atomic E-state index is 3.60. The first-order chi connectivity index (χ1) is 5.11. The van der Waals surface area contributed by atoms with E-state index < -0.39 is 0 Å². The van der Waals surface area contributed by atoms with E-state index in [1.165, 1.54) is 13.0 Å². The maximum atomic E-state index is 3.60. The van der Waals surface area contributed by atoms with Crippen LogP contribution in [0, 0.1) is 17.8 Å². The molecule has 0 spiro atoms. The SMILES string of the molecule is CC(C)CNC1CC(C)C1C. The molecule has 66 valence electrons. The zero-order valence-corrected chi connectivity index (χ0v) is 8.22. The molecule has 1 N–H and O–H groups in total. The van der Waals surface area contributed by atoms with Crippen molar-refractivity contribution in [3.63, 3.8) is 0 Å². The molecule has 1 heteroatoms. The van der Waals surface area contributed by atoms with Gasteiger partial charge in [0.25, 0.3) is 0 Å². The van der Waals surface area contributed by atoms with Crippen LogP contribution in [0.5, 0.6) is 0 Å². The standard InChI is InChI=1S/C10H21N/c1-7(2)6-11-10-5-8(3)9(10)4/h7-11H,5-6H2,1-4H3.